The molecule has 45 heavy (non-hydrogen) atoms. The molecule has 3 aliphatic rings. The molecule has 2 atom stereocenters. The molecule has 1 aliphatic heterocycles. The van der Waals surface area contributed by atoms with E-state index in [1.807, 2.05) is 0 Å². The summed E-state index contributed by atoms with van der Waals surface area (Å²) in [5.74, 6) is -3.58. The standard InChI is InChI=1S/C30H29F8NO5S/c31-21-3-1-4-22(16-21)45(43,44)27-13-2-14-39(25(40)17-5-7-18(8-6-17)26(41)42)24(27)12-9-19-15-20(10-11-23(19)27)28(32,29(33,34)35)30(36,37)38/h1,3-4,10-11,15-18,24H,2,5-9,12-14H2,(H,41,42). The van der Waals surface area contributed by atoms with Gasteiger partial charge in [-0.2, -0.15) is 26.3 Å². The van der Waals surface area contributed by atoms with E-state index < -0.39 is 78.6 Å². The first-order valence-electron chi connectivity index (χ1n) is 14.4. The minimum Gasteiger partial charge on any atom is -0.481 e. The van der Waals surface area contributed by atoms with Gasteiger partial charge < -0.3 is 10.0 Å². The number of carboxylic acid groups (broad SMARTS) is 1. The topological polar surface area (TPSA) is 91.8 Å². The highest BCUT2D eigenvalue weighted by molar-refractivity contribution is 7.92. The van der Waals surface area contributed by atoms with E-state index in [4.69, 9.17) is 0 Å². The fourth-order valence-corrected chi connectivity index (χ4v) is 9.84. The number of hydrogen-bond acceptors (Lipinski definition) is 4. The van der Waals surface area contributed by atoms with Gasteiger partial charge in [-0.05, 0) is 80.7 Å². The summed E-state index contributed by atoms with van der Waals surface area (Å²) in [6, 6.07) is 4.28. The lowest BCUT2D eigenvalue weighted by Crippen LogP contribution is -2.62. The van der Waals surface area contributed by atoms with E-state index in [1.165, 1.54) is 4.90 Å². The number of alkyl halides is 7. The predicted molar refractivity (Wildman–Crippen MR) is 143 cm³/mol. The van der Waals surface area contributed by atoms with Crippen molar-refractivity contribution in [2.24, 2.45) is 11.8 Å². The maximum Gasteiger partial charge on any atom is 0.435 e. The summed E-state index contributed by atoms with van der Waals surface area (Å²) in [4.78, 5) is 26.2. The second-order valence-electron chi connectivity index (χ2n) is 12.0. The summed E-state index contributed by atoms with van der Waals surface area (Å²) in [5, 5.41) is 9.33. The minimum atomic E-state index is -6.38. The second-order valence-corrected chi connectivity index (χ2v) is 14.2. The SMILES string of the molecule is O=C(O)C1CCC(C(=O)N2CCCC3(S(=O)(=O)c4cccc(F)c4)c4ccc(C(F)(C(F)(F)F)C(F)(F)F)cc4CCC23)CC1. The van der Waals surface area contributed by atoms with E-state index in [9.17, 15) is 53.8 Å². The van der Waals surface area contributed by atoms with E-state index in [2.05, 4.69) is 0 Å². The number of piperidine rings is 1. The molecule has 0 bridgehead atoms. The fraction of sp³-hybridized carbons (Fsp3) is 0.533. The van der Waals surface area contributed by atoms with Crippen LogP contribution in [-0.4, -0.2) is 55.2 Å². The highest BCUT2D eigenvalue weighted by Gasteiger charge is 2.73. The summed E-state index contributed by atoms with van der Waals surface area (Å²) in [5.41, 5.74) is -7.91. The molecular weight excluding hydrogens is 638 g/mol. The van der Waals surface area contributed by atoms with Crippen LogP contribution in [0.5, 0.6) is 0 Å². The number of amides is 1. The minimum absolute atomic E-state index is 0.0700. The average Bonchev–Trinajstić information content (AvgIpc) is 2.98. The molecule has 1 saturated heterocycles. The van der Waals surface area contributed by atoms with Gasteiger partial charge >= 0.3 is 24.0 Å². The van der Waals surface area contributed by atoms with Gasteiger partial charge in [0.05, 0.1) is 16.9 Å². The summed E-state index contributed by atoms with van der Waals surface area (Å²) in [6.45, 7) is 0.103. The Hall–Kier alpha value is -3.23. The summed E-state index contributed by atoms with van der Waals surface area (Å²) >= 11 is 0. The number of rotatable bonds is 5. The lowest BCUT2D eigenvalue weighted by atomic mass is 9.71. The highest BCUT2D eigenvalue weighted by atomic mass is 32.2. The fourth-order valence-electron chi connectivity index (χ4n) is 7.39. The molecule has 1 saturated carbocycles. The van der Waals surface area contributed by atoms with Crippen molar-refractivity contribution >= 4 is 21.7 Å². The maximum absolute atomic E-state index is 15.0. The second kappa shape index (κ2) is 11.2. The first-order valence-corrected chi connectivity index (χ1v) is 15.8. The zero-order chi connectivity index (χ0) is 33.2. The zero-order valence-corrected chi connectivity index (χ0v) is 24.4. The number of carboxylic acids is 1. The number of nitrogens with zero attached hydrogens (tertiary/aromatic N) is 1. The van der Waals surface area contributed by atoms with Crippen LogP contribution < -0.4 is 0 Å². The third kappa shape index (κ3) is 5.18. The van der Waals surface area contributed by atoms with Gasteiger partial charge in [-0.3, -0.25) is 9.59 Å². The maximum atomic E-state index is 15.0. The van der Waals surface area contributed by atoms with E-state index in [1.54, 1.807) is 0 Å². The van der Waals surface area contributed by atoms with E-state index in [-0.39, 0.29) is 75.1 Å². The Balaban J connectivity index is 1.65. The van der Waals surface area contributed by atoms with E-state index in [0.29, 0.717) is 6.07 Å². The number of fused-ring (bicyclic) bond motifs is 3. The van der Waals surface area contributed by atoms with Gasteiger partial charge in [-0.1, -0.05) is 24.3 Å². The number of likely N-dealkylation sites (tertiary alicyclic amines) is 1. The quantitative estimate of drug-likeness (QED) is 0.363. The molecule has 1 heterocycles. The number of hydrogen-bond donors (Lipinski definition) is 1. The van der Waals surface area contributed by atoms with Crippen molar-refractivity contribution in [3.05, 3.63) is 65.0 Å². The molecule has 2 aromatic carbocycles. The van der Waals surface area contributed by atoms with Crippen LogP contribution in [0, 0.1) is 17.7 Å². The summed E-state index contributed by atoms with van der Waals surface area (Å²) < 4.78 is 138. The Morgan fingerprint density at radius 3 is 2.07 bits per heavy atom. The monoisotopic (exact) mass is 667 g/mol. The van der Waals surface area contributed by atoms with Gasteiger partial charge in [0.25, 0.3) is 0 Å². The molecule has 1 N–H and O–H groups in total. The van der Waals surface area contributed by atoms with Crippen LogP contribution in [-0.2, 0) is 36.3 Å². The van der Waals surface area contributed by atoms with Crippen LogP contribution in [0.4, 0.5) is 35.1 Å². The first-order chi connectivity index (χ1) is 20.9. The molecule has 6 nitrogen and oxygen atoms in total. The Bertz CT molecular complexity index is 1590. The summed E-state index contributed by atoms with van der Waals surface area (Å²) in [7, 11) is -4.69. The Kier molecular flexibility index (Phi) is 8.27. The molecule has 15 heteroatoms. The van der Waals surface area contributed by atoms with Crippen molar-refractivity contribution in [1.82, 2.24) is 4.90 Å². The van der Waals surface area contributed by atoms with Crippen molar-refractivity contribution < 1.29 is 58.2 Å². The zero-order valence-electron chi connectivity index (χ0n) is 23.6. The number of carbonyl (C=O) groups is 2. The highest BCUT2D eigenvalue weighted by Crippen LogP contribution is 2.56. The van der Waals surface area contributed by atoms with Crippen molar-refractivity contribution in [2.75, 3.05) is 6.54 Å². The van der Waals surface area contributed by atoms with Crippen LogP contribution in [0.25, 0.3) is 0 Å². The molecule has 2 unspecified atom stereocenters. The molecule has 2 aliphatic carbocycles. The lowest BCUT2D eigenvalue weighted by Gasteiger charge is -2.53. The van der Waals surface area contributed by atoms with Crippen molar-refractivity contribution in [1.29, 1.82) is 0 Å². The van der Waals surface area contributed by atoms with Crippen LogP contribution in [0.3, 0.4) is 0 Å². The molecular formula is C30H29F8NO5S. The van der Waals surface area contributed by atoms with Crippen LogP contribution in [0.15, 0.2) is 47.4 Å². The van der Waals surface area contributed by atoms with Gasteiger partial charge in [-0.15, -0.1) is 0 Å². The van der Waals surface area contributed by atoms with Gasteiger partial charge in [0.15, 0.2) is 9.84 Å². The van der Waals surface area contributed by atoms with Gasteiger partial charge in [0.1, 0.15) is 10.6 Å². The molecule has 0 radical (unpaired) electrons. The summed E-state index contributed by atoms with van der Waals surface area (Å²) in [6.07, 6.45) is -12.4. The van der Waals surface area contributed by atoms with Crippen LogP contribution in [0.1, 0.15) is 61.6 Å². The molecule has 0 spiro atoms. The van der Waals surface area contributed by atoms with E-state index in [0.717, 1.165) is 30.3 Å². The van der Waals surface area contributed by atoms with Crippen LogP contribution in [0.2, 0.25) is 0 Å². The van der Waals surface area contributed by atoms with Gasteiger partial charge in [-0.25, -0.2) is 17.2 Å². The molecule has 0 aromatic heterocycles. The molecule has 2 fully saturated rings. The van der Waals surface area contributed by atoms with Gasteiger partial charge in [0, 0.05) is 18.0 Å². The number of aryl methyl sites for hydroxylation is 1. The third-order valence-electron chi connectivity index (χ3n) is 9.58. The number of halogens is 8. The number of benzene rings is 2. The van der Waals surface area contributed by atoms with Gasteiger partial charge in [0.2, 0.25) is 5.91 Å². The molecule has 246 valence electrons. The molecule has 5 rings (SSSR count). The van der Waals surface area contributed by atoms with Crippen molar-refractivity contribution in [2.45, 2.75) is 85.1 Å². The first kappa shape index (κ1) is 33.1. The predicted octanol–water partition coefficient (Wildman–Crippen LogP) is 6.61. The Morgan fingerprint density at radius 2 is 1.49 bits per heavy atom. The number of carbonyl (C=O) groups excluding carboxylic acids is 1. The smallest absolute Gasteiger partial charge is 0.435 e. The lowest BCUT2D eigenvalue weighted by molar-refractivity contribution is -0.348. The molecule has 2 aromatic rings. The number of aliphatic carboxylic acids is 1. The average molecular weight is 668 g/mol. The van der Waals surface area contributed by atoms with E-state index >= 15 is 4.39 Å². The Morgan fingerprint density at radius 1 is 0.867 bits per heavy atom. The normalized spacial score (nSPS) is 26.1. The number of sulfone groups is 1. The molecule has 1 amide bonds. The third-order valence-corrected chi connectivity index (χ3v) is 12.1. The van der Waals surface area contributed by atoms with Crippen molar-refractivity contribution in [3.63, 3.8) is 0 Å². The largest absolute Gasteiger partial charge is 0.481 e. The van der Waals surface area contributed by atoms with Crippen molar-refractivity contribution in [3.8, 4) is 0 Å². The van der Waals surface area contributed by atoms with Crippen LogP contribution >= 0.6 is 0 Å². The Labute approximate surface area is 253 Å².